The first kappa shape index (κ1) is 25.9. The molecule has 0 aliphatic rings. The molecule has 0 amide bonds. The lowest BCUT2D eigenvalue weighted by molar-refractivity contribution is -0.689. The monoisotopic (exact) mass is 372 g/mol. The summed E-state index contributed by atoms with van der Waals surface area (Å²) < 4.78 is 2.11. The van der Waals surface area contributed by atoms with E-state index in [0.717, 1.165) is 11.3 Å². The van der Waals surface area contributed by atoms with Crippen LogP contribution in [-0.4, -0.2) is 32.6 Å². The van der Waals surface area contributed by atoms with Crippen molar-refractivity contribution in [2.45, 2.75) is 26.8 Å². The highest BCUT2D eigenvalue weighted by Gasteiger charge is 2.16. The zero-order valence-electron chi connectivity index (χ0n) is 12.3. The topological polar surface area (TPSA) is 139 Å². The van der Waals surface area contributed by atoms with E-state index >= 15 is 0 Å². The summed E-state index contributed by atoms with van der Waals surface area (Å²) in [7, 11) is 0. The molecule has 10 heteroatoms. The second-order valence-electron chi connectivity index (χ2n) is 4.16. The Bertz CT molecular complexity index is 569. The van der Waals surface area contributed by atoms with Gasteiger partial charge in [0.1, 0.15) is 11.6 Å². The molecule has 0 fully saturated rings. The molecule has 0 unspecified atom stereocenters. The summed E-state index contributed by atoms with van der Waals surface area (Å²) in [5.74, 6) is 1.22. The summed E-state index contributed by atoms with van der Waals surface area (Å²) in [6.45, 7) is 4.71. The van der Waals surface area contributed by atoms with Crippen molar-refractivity contribution in [1.29, 1.82) is 0 Å². The second kappa shape index (κ2) is 11.5. The zero-order chi connectivity index (χ0) is 13.1. The van der Waals surface area contributed by atoms with E-state index in [1.165, 1.54) is 4.88 Å². The average Bonchev–Trinajstić information content (AvgIpc) is 2.66. The van der Waals surface area contributed by atoms with Crippen LogP contribution >= 0.6 is 23.7 Å². The fourth-order valence-corrected chi connectivity index (χ4v) is 2.75. The van der Waals surface area contributed by atoms with Gasteiger partial charge in [-0.05, 0) is 6.92 Å². The number of aliphatic hydroxyl groups excluding tert-OH is 1. The lowest BCUT2D eigenvalue weighted by atomic mass is 10.2. The van der Waals surface area contributed by atoms with Gasteiger partial charge in [0.15, 0.2) is 12.2 Å². The fraction of sp³-hybridized carbons (Fsp3) is 0.417. The predicted molar refractivity (Wildman–Crippen MR) is 84.8 cm³/mol. The molecule has 2 heterocycles. The number of thiazole rings is 1. The number of anilines is 1. The molecule has 128 valence electrons. The van der Waals surface area contributed by atoms with Gasteiger partial charge in [-0.2, -0.15) is 4.57 Å². The number of hydrogen-bond acceptors (Lipinski definition) is 5. The summed E-state index contributed by atoms with van der Waals surface area (Å²) in [5, 5.41) is 8.98. The Labute approximate surface area is 145 Å². The Kier molecular flexibility index (Phi) is 13.6. The number of rotatable bonds is 4. The Hall–Kier alpha value is -1.03. The fourth-order valence-electron chi connectivity index (χ4n) is 1.77. The summed E-state index contributed by atoms with van der Waals surface area (Å²) in [4.78, 5) is 9.53. The number of nitrogens with two attached hydrogens (primary N) is 1. The Morgan fingerprint density at radius 1 is 1.32 bits per heavy atom. The number of aromatic nitrogens is 3. The van der Waals surface area contributed by atoms with Gasteiger partial charge in [-0.1, -0.05) is 11.3 Å². The van der Waals surface area contributed by atoms with Crippen molar-refractivity contribution < 1.29 is 33.0 Å². The molecule has 0 aromatic carbocycles. The number of halogens is 2. The lowest BCUT2D eigenvalue weighted by Gasteiger charge is -2.01. The number of nitrogen functional groups attached to an aromatic ring is 1. The molecule has 0 aliphatic heterocycles. The summed E-state index contributed by atoms with van der Waals surface area (Å²) in [5.41, 5.74) is 10.0. The molecule has 22 heavy (non-hydrogen) atoms. The molecule has 2 aromatic rings. The van der Waals surface area contributed by atoms with Gasteiger partial charge < -0.3 is 34.2 Å². The minimum atomic E-state index is 0. The third-order valence-corrected chi connectivity index (χ3v) is 4.00. The number of hydrogen-bond donors (Lipinski definition) is 2. The molecule has 0 aliphatic carbocycles. The van der Waals surface area contributed by atoms with Crippen molar-refractivity contribution in [3.05, 3.63) is 33.7 Å². The quantitative estimate of drug-likeness (QED) is 0.534. The second-order valence-corrected chi connectivity index (χ2v) is 5.10. The Balaban J connectivity index is -0.000000902. The normalized spacial score (nSPS) is 8.86. The minimum Gasteiger partial charge on any atom is -1.00 e. The third-order valence-electron chi connectivity index (χ3n) is 2.85. The molecular formula is C12H22Cl2N4O3S. The molecule has 7 N–H and O–H groups in total. The van der Waals surface area contributed by atoms with Gasteiger partial charge in [-0.3, -0.25) is 0 Å². The maximum absolute atomic E-state index is 8.98. The van der Waals surface area contributed by atoms with Crippen molar-refractivity contribution in [2.75, 3.05) is 12.3 Å². The first-order valence-electron chi connectivity index (χ1n) is 5.77. The molecule has 2 aromatic heterocycles. The highest BCUT2D eigenvalue weighted by Crippen LogP contribution is 2.13. The van der Waals surface area contributed by atoms with E-state index in [9.17, 15) is 0 Å². The van der Waals surface area contributed by atoms with Crippen molar-refractivity contribution in [3.8, 4) is 0 Å². The van der Waals surface area contributed by atoms with E-state index in [2.05, 4.69) is 14.5 Å². The van der Waals surface area contributed by atoms with E-state index in [-0.39, 0.29) is 42.4 Å². The van der Waals surface area contributed by atoms with Gasteiger partial charge >= 0.3 is 0 Å². The maximum Gasteiger partial charge on any atom is 0.225 e. The van der Waals surface area contributed by atoms with E-state index in [1.54, 1.807) is 17.5 Å². The minimum absolute atomic E-state index is 0. The highest BCUT2D eigenvalue weighted by molar-refractivity contribution is 7.09. The van der Waals surface area contributed by atoms with E-state index < -0.39 is 0 Å². The largest absolute Gasteiger partial charge is 1.00 e. The molecule has 0 saturated carbocycles. The van der Waals surface area contributed by atoms with Gasteiger partial charge in [0.25, 0.3) is 0 Å². The molecule has 0 bridgehead atoms. The van der Waals surface area contributed by atoms with Gasteiger partial charge in [0, 0.05) is 26.1 Å². The molecule has 0 atom stereocenters. The van der Waals surface area contributed by atoms with Gasteiger partial charge in [0.2, 0.25) is 5.51 Å². The zero-order valence-corrected chi connectivity index (χ0v) is 14.7. The molecule has 2 rings (SSSR count). The van der Waals surface area contributed by atoms with Crippen molar-refractivity contribution in [2.24, 2.45) is 0 Å². The van der Waals surface area contributed by atoms with E-state index in [4.69, 9.17) is 10.8 Å². The van der Waals surface area contributed by atoms with Crippen LogP contribution < -0.4 is 22.7 Å². The van der Waals surface area contributed by atoms with Gasteiger partial charge in [0.05, 0.1) is 10.4 Å². The van der Waals surface area contributed by atoms with Crippen LogP contribution in [0, 0.1) is 13.8 Å². The predicted octanol–water partition coefficient (Wildman–Crippen LogP) is -3.62. The van der Waals surface area contributed by atoms with Crippen molar-refractivity contribution in [1.82, 2.24) is 9.97 Å². The number of aliphatic hydroxyl groups is 1. The molecule has 0 radical (unpaired) electrons. The van der Waals surface area contributed by atoms with Crippen molar-refractivity contribution in [3.63, 3.8) is 0 Å². The third kappa shape index (κ3) is 5.99. The van der Waals surface area contributed by atoms with Gasteiger partial charge in [-0.15, -0.1) is 12.4 Å². The Morgan fingerprint density at radius 2 is 1.95 bits per heavy atom. The maximum atomic E-state index is 8.98. The van der Waals surface area contributed by atoms with Crippen LogP contribution in [0.15, 0.2) is 11.7 Å². The average molecular weight is 373 g/mol. The Morgan fingerprint density at radius 3 is 2.50 bits per heavy atom. The summed E-state index contributed by atoms with van der Waals surface area (Å²) in [6, 6.07) is 0. The van der Waals surface area contributed by atoms with Crippen LogP contribution in [0.25, 0.3) is 0 Å². The molecule has 0 spiro atoms. The SMILES string of the molecule is Cc1ncc(C[n+]2csc(CCO)c2C)c(N)n1.Cl.O.O.[Cl-]. The van der Waals surface area contributed by atoms with E-state index in [1.807, 2.05) is 19.4 Å². The first-order valence-corrected chi connectivity index (χ1v) is 6.65. The molecule has 7 nitrogen and oxygen atoms in total. The van der Waals surface area contributed by atoms with Crippen LogP contribution in [0.4, 0.5) is 5.82 Å². The summed E-state index contributed by atoms with van der Waals surface area (Å²) >= 11 is 1.65. The van der Waals surface area contributed by atoms with Crippen molar-refractivity contribution >= 4 is 29.6 Å². The van der Waals surface area contributed by atoms with Crippen LogP contribution in [0.2, 0.25) is 0 Å². The van der Waals surface area contributed by atoms with Crippen LogP contribution in [0.3, 0.4) is 0 Å². The molecule has 0 saturated heterocycles. The van der Waals surface area contributed by atoms with E-state index in [0.29, 0.717) is 24.6 Å². The highest BCUT2D eigenvalue weighted by atomic mass is 35.5. The van der Waals surface area contributed by atoms with Crippen LogP contribution in [0.5, 0.6) is 0 Å². The molecular weight excluding hydrogens is 351 g/mol. The summed E-state index contributed by atoms with van der Waals surface area (Å²) in [6.07, 6.45) is 2.47. The lowest BCUT2D eigenvalue weighted by Crippen LogP contribution is -3.00. The standard InChI is InChI=1S/C12H17N4OS.2ClH.2H2O/c1-8-11(3-4-17)18-7-16(8)6-10-5-14-9(2)15-12(10)13;;;;/h5,7,17H,3-4,6H2,1-2H3,(H2,13,14,15);2*1H;2*1H2/q+1;;;;/p-1. The number of nitrogens with zero attached hydrogens (tertiary/aromatic N) is 3. The van der Waals surface area contributed by atoms with Crippen LogP contribution in [0.1, 0.15) is 22.0 Å². The smallest absolute Gasteiger partial charge is 0.225 e. The number of aryl methyl sites for hydroxylation is 1. The first-order chi connectivity index (χ1) is 8.61. The van der Waals surface area contributed by atoms with Crippen LogP contribution in [-0.2, 0) is 13.0 Å². The van der Waals surface area contributed by atoms with Gasteiger partial charge in [-0.25, -0.2) is 9.97 Å².